The van der Waals surface area contributed by atoms with Gasteiger partial charge in [-0.1, -0.05) is 19.1 Å². The number of aromatic nitrogens is 2. The van der Waals surface area contributed by atoms with Crippen LogP contribution in [-0.2, 0) is 0 Å². The molecular weight excluding hydrogens is 250 g/mol. The van der Waals surface area contributed by atoms with Gasteiger partial charge in [0.2, 0.25) is 5.95 Å². The van der Waals surface area contributed by atoms with E-state index in [-0.39, 0.29) is 0 Å². The average molecular weight is 267 g/mol. The summed E-state index contributed by atoms with van der Waals surface area (Å²) in [6.45, 7) is 4.18. The molecule has 0 fully saturated rings. The van der Waals surface area contributed by atoms with Crippen LogP contribution in [0.3, 0.4) is 0 Å². The van der Waals surface area contributed by atoms with Crippen molar-refractivity contribution in [1.82, 2.24) is 9.97 Å². The van der Waals surface area contributed by atoms with Gasteiger partial charge in [-0.25, -0.2) is 4.98 Å². The molecule has 0 radical (unpaired) electrons. The van der Waals surface area contributed by atoms with E-state index in [2.05, 4.69) is 40.5 Å². The van der Waals surface area contributed by atoms with Crippen molar-refractivity contribution in [1.29, 1.82) is 5.26 Å². The van der Waals surface area contributed by atoms with E-state index in [1.165, 1.54) is 0 Å². The molecule has 0 bridgehead atoms. The molecule has 1 atom stereocenters. The molecule has 0 saturated carbocycles. The Labute approximate surface area is 118 Å². The van der Waals surface area contributed by atoms with Crippen molar-refractivity contribution in [2.24, 2.45) is 0 Å². The highest BCUT2D eigenvalue weighted by Crippen LogP contribution is 2.19. The van der Waals surface area contributed by atoms with E-state index < -0.39 is 0 Å². The lowest BCUT2D eigenvalue weighted by atomic mass is 10.2. The molecule has 1 heterocycles. The number of nitrogens with zero attached hydrogens (tertiary/aromatic N) is 3. The van der Waals surface area contributed by atoms with Crippen molar-refractivity contribution >= 4 is 17.5 Å². The summed E-state index contributed by atoms with van der Waals surface area (Å²) in [4.78, 5) is 8.57. The van der Waals surface area contributed by atoms with Crippen LogP contribution in [-0.4, -0.2) is 16.0 Å². The predicted molar refractivity (Wildman–Crippen MR) is 79.8 cm³/mol. The summed E-state index contributed by atoms with van der Waals surface area (Å²) in [5.74, 6) is 1.24. The Morgan fingerprint density at radius 2 is 2.10 bits per heavy atom. The molecule has 5 nitrogen and oxygen atoms in total. The van der Waals surface area contributed by atoms with Crippen molar-refractivity contribution in [3.05, 3.63) is 42.1 Å². The zero-order valence-electron chi connectivity index (χ0n) is 11.6. The number of hydrogen-bond donors (Lipinski definition) is 2. The Balaban J connectivity index is 2.18. The Bertz CT molecular complexity index is 618. The van der Waals surface area contributed by atoms with Crippen molar-refractivity contribution in [2.45, 2.75) is 26.3 Å². The summed E-state index contributed by atoms with van der Waals surface area (Å²) in [6, 6.07) is 11.6. The quantitative estimate of drug-likeness (QED) is 0.869. The largest absolute Gasteiger partial charge is 0.352 e. The molecule has 0 spiro atoms. The maximum Gasteiger partial charge on any atom is 0.224 e. The van der Waals surface area contributed by atoms with E-state index in [0.717, 1.165) is 12.1 Å². The van der Waals surface area contributed by atoms with Crippen LogP contribution in [0.25, 0.3) is 0 Å². The van der Waals surface area contributed by atoms with Crippen LogP contribution in [0.15, 0.2) is 36.5 Å². The second-order valence-corrected chi connectivity index (χ2v) is 4.50. The van der Waals surface area contributed by atoms with E-state index in [4.69, 9.17) is 5.26 Å². The standard InChI is InChI=1S/C15H17N5/c1-3-11(2)18-15-17-9-8-14(20-15)19-13-7-5-4-6-12(13)10-16/h4-9,11H,3H2,1-2H3,(H2,17,18,19,20). The normalized spacial score (nSPS) is 11.4. The summed E-state index contributed by atoms with van der Waals surface area (Å²) in [5, 5.41) is 15.4. The lowest BCUT2D eigenvalue weighted by Gasteiger charge is -2.12. The number of rotatable bonds is 5. The van der Waals surface area contributed by atoms with Gasteiger partial charge in [0.1, 0.15) is 11.9 Å². The van der Waals surface area contributed by atoms with Gasteiger partial charge in [0, 0.05) is 12.2 Å². The van der Waals surface area contributed by atoms with Crippen LogP contribution in [0.1, 0.15) is 25.8 Å². The highest BCUT2D eigenvalue weighted by Gasteiger charge is 2.05. The van der Waals surface area contributed by atoms with E-state index in [1.54, 1.807) is 18.3 Å². The van der Waals surface area contributed by atoms with E-state index in [9.17, 15) is 0 Å². The van der Waals surface area contributed by atoms with Gasteiger partial charge in [-0.15, -0.1) is 0 Å². The van der Waals surface area contributed by atoms with Gasteiger partial charge in [-0.05, 0) is 31.5 Å². The zero-order valence-corrected chi connectivity index (χ0v) is 11.6. The molecular formula is C15H17N5. The number of nitrogens with one attached hydrogen (secondary N) is 2. The third kappa shape index (κ3) is 3.45. The molecule has 2 aromatic rings. The van der Waals surface area contributed by atoms with Crippen LogP contribution < -0.4 is 10.6 Å². The molecule has 1 aromatic heterocycles. The third-order valence-corrected chi connectivity index (χ3v) is 2.95. The van der Waals surface area contributed by atoms with Gasteiger partial charge in [0.25, 0.3) is 0 Å². The molecule has 0 aliphatic carbocycles. The van der Waals surface area contributed by atoms with Crippen LogP contribution in [0, 0.1) is 11.3 Å². The van der Waals surface area contributed by atoms with E-state index in [0.29, 0.717) is 23.4 Å². The van der Waals surface area contributed by atoms with Gasteiger partial charge in [-0.2, -0.15) is 10.2 Å². The maximum atomic E-state index is 9.07. The Hall–Kier alpha value is -2.61. The van der Waals surface area contributed by atoms with Gasteiger partial charge < -0.3 is 10.6 Å². The minimum absolute atomic E-state index is 0.316. The minimum Gasteiger partial charge on any atom is -0.352 e. The molecule has 102 valence electrons. The van der Waals surface area contributed by atoms with Crippen molar-refractivity contribution in [3.8, 4) is 6.07 Å². The Morgan fingerprint density at radius 3 is 2.85 bits per heavy atom. The van der Waals surface area contributed by atoms with E-state index >= 15 is 0 Å². The van der Waals surface area contributed by atoms with Gasteiger partial charge in [-0.3, -0.25) is 0 Å². The monoisotopic (exact) mass is 267 g/mol. The third-order valence-electron chi connectivity index (χ3n) is 2.95. The SMILES string of the molecule is CCC(C)Nc1nccc(Nc2ccccc2C#N)n1. The zero-order chi connectivity index (χ0) is 14.4. The summed E-state index contributed by atoms with van der Waals surface area (Å²) >= 11 is 0. The second-order valence-electron chi connectivity index (χ2n) is 4.50. The summed E-state index contributed by atoms with van der Waals surface area (Å²) in [6.07, 6.45) is 2.69. The lowest BCUT2D eigenvalue weighted by Crippen LogP contribution is -2.15. The highest BCUT2D eigenvalue weighted by atomic mass is 15.1. The molecule has 1 unspecified atom stereocenters. The molecule has 0 amide bonds. The Morgan fingerprint density at radius 1 is 1.30 bits per heavy atom. The van der Waals surface area contributed by atoms with Gasteiger partial charge >= 0.3 is 0 Å². The number of para-hydroxylation sites is 1. The summed E-state index contributed by atoms with van der Waals surface area (Å²) in [7, 11) is 0. The molecule has 20 heavy (non-hydrogen) atoms. The molecule has 1 aromatic carbocycles. The van der Waals surface area contributed by atoms with Crippen LogP contribution in [0.5, 0.6) is 0 Å². The van der Waals surface area contributed by atoms with Crippen molar-refractivity contribution in [3.63, 3.8) is 0 Å². The lowest BCUT2D eigenvalue weighted by molar-refractivity contribution is 0.753. The van der Waals surface area contributed by atoms with E-state index in [1.807, 2.05) is 18.2 Å². The fourth-order valence-corrected chi connectivity index (χ4v) is 1.65. The molecule has 0 aliphatic heterocycles. The molecule has 2 rings (SSSR count). The molecule has 0 saturated heterocycles. The average Bonchev–Trinajstić information content (AvgIpc) is 2.48. The van der Waals surface area contributed by atoms with Gasteiger partial charge in [0.15, 0.2) is 0 Å². The molecule has 2 N–H and O–H groups in total. The first-order valence-electron chi connectivity index (χ1n) is 6.58. The summed E-state index contributed by atoms with van der Waals surface area (Å²) in [5.41, 5.74) is 1.32. The number of hydrogen-bond acceptors (Lipinski definition) is 5. The Kier molecular flexibility index (Phi) is 4.51. The molecule has 0 aliphatic rings. The van der Waals surface area contributed by atoms with Crippen molar-refractivity contribution in [2.75, 3.05) is 10.6 Å². The fraction of sp³-hybridized carbons (Fsp3) is 0.267. The summed E-state index contributed by atoms with van der Waals surface area (Å²) < 4.78 is 0. The number of nitriles is 1. The number of benzene rings is 1. The fourth-order valence-electron chi connectivity index (χ4n) is 1.65. The molecule has 5 heteroatoms. The highest BCUT2D eigenvalue weighted by molar-refractivity contribution is 5.64. The van der Waals surface area contributed by atoms with Crippen LogP contribution >= 0.6 is 0 Å². The first kappa shape index (κ1) is 13.8. The first-order chi connectivity index (χ1) is 9.72. The van der Waals surface area contributed by atoms with Crippen molar-refractivity contribution < 1.29 is 0 Å². The first-order valence-corrected chi connectivity index (χ1v) is 6.58. The maximum absolute atomic E-state index is 9.07. The smallest absolute Gasteiger partial charge is 0.224 e. The minimum atomic E-state index is 0.316. The number of anilines is 3. The van der Waals surface area contributed by atoms with Crippen LogP contribution in [0.4, 0.5) is 17.5 Å². The van der Waals surface area contributed by atoms with Crippen LogP contribution in [0.2, 0.25) is 0 Å². The topological polar surface area (TPSA) is 73.6 Å². The second kappa shape index (κ2) is 6.53. The van der Waals surface area contributed by atoms with Gasteiger partial charge in [0.05, 0.1) is 11.3 Å². The predicted octanol–water partition coefficient (Wildman–Crippen LogP) is 3.30.